The molecule has 130 valence electrons. The number of hydrogen-bond acceptors (Lipinski definition) is 3. The van der Waals surface area contributed by atoms with Crippen molar-refractivity contribution in [3.8, 4) is 0 Å². The highest BCUT2D eigenvalue weighted by Gasteiger charge is 2.28. The maximum absolute atomic E-state index is 12.2. The minimum Gasteiger partial charge on any atom is -0.444 e. The number of likely N-dealkylation sites (tertiary alicyclic amines) is 1. The summed E-state index contributed by atoms with van der Waals surface area (Å²) >= 11 is 5.80. The van der Waals surface area contributed by atoms with Gasteiger partial charge in [0.05, 0.1) is 11.7 Å². The number of pyridine rings is 1. The van der Waals surface area contributed by atoms with Gasteiger partial charge in [0.15, 0.2) is 0 Å². The van der Waals surface area contributed by atoms with E-state index in [-0.39, 0.29) is 6.09 Å². The summed E-state index contributed by atoms with van der Waals surface area (Å²) in [7, 11) is 0. The molecule has 5 nitrogen and oxygen atoms in total. The lowest BCUT2D eigenvalue weighted by atomic mass is 10.1. The Hall–Kier alpha value is -0.830. The van der Waals surface area contributed by atoms with E-state index in [0.717, 1.165) is 36.1 Å². The van der Waals surface area contributed by atoms with E-state index in [9.17, 15) is 4.79 Å². The summed E-state index contributed by atoms with van der Waals surface area (Å²) < 4.78 is 9.85. The number of hydrogen-bond donors (Lipinski definition) is 0. The Balaban J connectivity index is 1.72. The molecule has 2 aromatic heterocycles. The molecule has 3 heterocycles. The normalized spacial score (nSPS) is 16.6. The number of nitrogens with zero attached hydrogens (tertiary/aromatic N) is 3. The fourth-order valence-corrected chi connectivity index (χ4v) is 4.10. The summed E-state index contributed by atoms with van der Waals surface area (Å²) in [5, 5.41) is 1.21. The molecule has 1 aliphatic heterocycles. The van der Waals surface area contributed by atoms with Gasteiger partial charge in [0.25, 0.3) is 0 Å². The molecule has 24 heavy (non-hydrogen) atoms. The van der Waals surface area contributed by atoms with Gasteiger partial charge in [0.1, 0.15) is 10.2 Å². The first kappa shape index (κ1) is 18.0. The van der Waals surface area contributed by atoms with Crippen LogP contribution in [0.25, 0.3) is 10.9 Å². The van der Waals surface area contributed by atoms with E-state index >= 15 is 0 Å². The second kappa shape index (κ2) is 6.82. The van der Waals surface area contributed by atoms with Crippen LogP contribution in [0.1, 0.15) is 39.7 Å². The van der Waals surface area contributed by atoms with E-state index in [2.05, 4.69) is 60.3 Å². The van der Waals surface area contributed by atoms with E-state index < -0.39 is 5.60 Å². The molecular formula is C17H21BrIN3O2. The molecule has 0 radical (unpaired) electrons. The molecule has 0 unspecified atom stereocenters. The molecule has 7 heteroatoms. The van der Waals surface area contributed by atoms with Gasteiger partial charge < -0.3 is 14.2 Å². The van der Waals surface area contributed by atoms with Crippen molar-refractivity contribution in [2.45, 2.75) is 45.3 Å². The van der Waals surface area contributed by atoms with Crippen LogP contribution in [0.15, 0.2) is 23.1 Å². The summed E-state index contributed by atoms with van der Waals surface area (Å²) in [5.74, 6) is 0. The summed E-state index contributed by atoms with van der Waals surface area (Å²) in [6, 6.07) is 2.45. The maximum atomic E-state index is 12.2. The summed E-state index contributed by atoms with van der Waals surface area (Å²) in [6.45, 7) is 7.14. The van der Waals surface area contributed by atoms with Crippen molar-refractivity contribution in [1.82, 2.24) is 14.5 Å². The largest absolute Gasteiger partial charge is 0.444 e. The number of piperidine rings is 1. The van der Waals surface area contributed by atoms with Crippen LogP contribution in [0.3, 0.4) is 0 Å². The molecule has 1 saturated heterocycles. The second-order valence-electron chi connectivity index (χ2n) is 7.11. The average molecular weight is 506 g/mol. The van der Waals surface area contributed by atoms with Gasteiger partial charge in [-0.25, -0.2) is 9.78 Å². The fraction of sp³-hybridized carbons (Fsp3) is 0.529. The standard InChI is InChI=1S/C17H21BrIN3O2/c1-17(2,3)24-16(23)21-6-4-11(5-7-21)22-10-13(19)12-8-15(18)20-9-14(12)22/h8-11H,4-7H2,1-3H3. The predicted molar refractivity (Wildman–Crippen MR) is 106 cm³/mol. The van der Waals surface area contributed by atoms with E-state index in [0.29, 0.717) is 6.04 Å². The number of fused-ring (bicyclic) bond motifs is 1. The van der Waals surface area contributed by atoms with Crippen LogP contribution in [0, 0.1) is 3.57 Å². The lowest BCUT2D eigenvalue weighted by Gasteiger charge is -2.34. The van der Waals surface area contributed by atoms with Crippen molar-refractivity contribution in [2.75, 3.05) is 13.1 Å². The topological polar surface area (TPSA) is 47.4 Å². The molecule has 3 rings (SSSR count). The molecule has 2 aromatic rings. The third-order valence-corrected chi connectivity index (χ3v) is 5.44. The third-order valence-electron chi connectivity index (χ3n) is 4.15. The average Bonchev–Trinajstić information content (AvgIpc) is 2.82. The first-order valence-corrected chi connectivity index (χ1v) is 9.91. The van der Waals surface area contributed by atoms with Crippen molar-refractivity contribution in [2.24, 2.45) is 0 Å². The van der Waals surface area contributed by atoms with Gasteiger partial charge in [-0.2, -0.15) is 0 Å². The van der Waals surface area contributed by atoms with Gasteiger partial charge in [-0.3, -0.25) is 0 Å². The lowest BCUT2D eigenvalue weighted by molar-refractivity contribution is 0.0189. The number of amides is 1. The van der Waals surface area contributed by atoms with Gasteiger partial charge in [0.2, 0.25) is 0 Å². The van der Waals surface area contributed by atoms with Gasteiger partial charge in [0, 0.05) is 34.3 Å². The number of ether oxygens (including phenoxy) is 1. The molecule has 0 aliphatic carbocycles. The number of rotatable bonds is 1. The molecule has 1 amide bonds. The zero-order valence-electron chi connectivity index (χ0n) is 14.1. The monoisotopic (exact) mass is 505 g/mol. The molecular weight excluding hydrogens is 485 g/mol. The fourth-order valence-electron chi connectivity index (χ4n) is 3.04. The van der Waals surface area contributed by atoms with Gasteiger partial charge in [-0.1, -0.05) is 0 Å². The highest BCUT2D eigenvalue weighted by atomic mass is 127. The van der Waals surface area contributed by atoms with Crippen molar-refractivity contribution in [1.29, 1.82) is 0 Å². The minimum atomic E-state index is -0.445. The van der Waals surface area contributed by atoms with Crippen molar-refractivity contribution in [3.05, 3.63) is 26.6 Å². The molecule has 0 spiro atoms. The van der Waals surface area contributed by atoms with Crippen molar-refractivity contribution in [3.63, 3.8) is 0 Å². The third kappa shape index (κ3) is 3.87. The maximum Gasteiger partial charge on any atom is 0.410 e. The summed E-state index contributed by atoms with van der Waals surface area (Å²) in [4.78, 5) is 18.4. The molecule has 0 aromatic carbocycles. The van der Waals surface area contributed by atoms with E-state index in [1.807, 2.05) is 31.9 Å². The van der Waals surface area contributed by atoms with Crippen molar-refractivity contribution >= 4 is 55.5 Å². The van der Waals surface area contributed by atoms with Crippen LogP contribution >= 0.6 is 38.5 Å². The zero-order chi connectivity index (χ0) is 17.5. The van der Waals surface area contributed by atoms with Crippen LogP contribution in [0.2, 0.25) is 0 Å². The van der Waals surface area contributed by atoms with Crippen LogP contribution < -0.4 is 0 Å². The Morgan fingerprint density at radius 1 is 1.38 bits per heavy atom. The first-order chi connectivity index (χ1) is 11.2. The highest BCUT2D eigenvalue weighted by Crippen LogP contribution is 2.32. The smallest absolute Gasteiger partial charge is 0.410 e. The Bertz CT molecular complexity index is 761. The van der Waals surface area contributed by atoms with Crippen LogP contribution in [-0.2, 0) is 4.74 Å². The number of aromatic nitrogens is 2. The van der Waals surface area contributed by atoms with Gasteiger partial charge in [-0.15, -0.1) is 0 Å². The molecule has 1 aliphatic rings. The van der Waals surface area contributed by atoms with E-state index in [1.165, 1.54) is 8.96 Å². The Morgan fingerprint density at radius 3 is 2.67 bits per heavy atom. The van der Waals surface area contributed by atoms with Gasteiger partial charge in [-0.05, 0) is 78.2 Å². The zero-order valence-corrected chi connectivity index (χ0v) is 17.8. The predicted octanol–water partition coefficient (Wildman–Crippen LogP) is 4.98. The highest BCUT2D eigenvalue weighted by molar-refractivity contribution is 14.1. The van der Waals surface area contributed by atoms with E-state index in [4.69, 9.17) is 4.74 Å². The molecule has 0 saturated carbocycles. The molecule has 1 fully saturated rings. The Labute approximate surface area is 164 Å². The van der Waals surface area contributed by atoms with Crippen LogP contribution in [-0.4, -0.2) is 39.2 Å². The van der Waals surface area contributed by atoms with Crippen LogP contribution in [0.5, 0.6) is 0 Å². The molecule has 0 bridgehead atoms. The SMILES string of the molecule is CC(C)(C)OC(=O)N1CCC(n2cc(I)c3cc(Br)ncc32)CC1. The number of carbonyl (C=O) groups is 1. The Kier molecular flexibility index (Phi) is 5.11. The Morgan fingerprint density at radius 2 is 2.04 bits per heavy atom. The summed E-state index contributed by atoms with van der Waals surface area (Å²) in [6.07, 6.45) is 5.75. The molecule has 0 atom stereocenters. The first-order valence-electron chi connectivity index (χ1n) is 8.04. The van der Waals surface area contributed by atoms with E-state index in [1.54, 1.807) is 0 Å². The number of carbonyl (C=O) groups excluding carboxylic acids is 1. The van der Waals surface area contributed by atoms with Crippen LogP contribution in [0.4, 0.5) is 4.79 Å². The quantitative estimate of drug-likeness (QED) is 0.406. The minimum absolute atomic E-state index is 0.210. The lowest BCUT2D eigenvalue weighted by Crippen LogP contribution is -2.42. The summed E-state index contributed by atoms with van der Waals surface area (Å²) in [5.41, 5.74) is 0.707. The van der Waals surface area contributed by atoms with Gasteiger partial charge >= 0.3 is 6.09 Å². The van der Waals surface area contributed by atoms with Crippen molar-refractivity contribution < 1.29 is 9.53 Å². The second-order valence-corrected chi connectivity index (χ2v) is 9.08. The number of halogens is 2. The molecule has 0 N–H and O–H groups in total.